The number of hydrogen-bond donors (Lipinski definition) is 12. The van der Waals surface area contributed by atoms with Crippen LogP contribution >= 0.6 is 0 Å². The van der Waals surface area contributed by atoms with Gasteiger partial charge >= 0.3 is 11.9 Å². The Bertz CT molecular complexity index is 1520. The van der Waals surface area contributed by atoms with Gasteiger partial charge in [0.25, 0.3) is 0 Å². The highest BCUT2D eigenvalue weighted by Gasteiger charge is 2.35. The van der Waals surface area contributed by atoms with Crippen molar-refractivity contribution in [3.63, 3.8) is 0 Å². The number of aromatic nitrogens is 2. The fraction of sp³-hybridized carbons (Fsp3) is 0.647. The zero-order valence-electron chi connectivity index (χ0n) is 32.3. The molecule has 7 atom stereocenters. The van der Waals surface area contributed by atoms with E-state index in [0.29, 0.717) is 31.5 Å². The number of carboxylic acid groups (broad SMARTS) is 2. The Balaban J connectivity index is 3.08. The number of carboxylic acids is 2. The van der Waals surface area contributed by atoms with Crippen LogP contribution in [0.25, 0.3) is 0 Å². The van der Waals surface area contributed by atoms with E-state index in [1.807, 2.05) is 0 Å². The molecule has 1 rings (SSSR count). The fourth-order valence-electron chi connectivity index (χ4n) is 5.18. The van der Waals surface area contributed by atoms with Crippen LogP contribution in [-0.2, 0) is 49.6 Å². The number of nitrogens with one attached hydrogen (secondary N) is 7. The minimum Gasteiger partial charge on any atom is -0.481 e. The molecule has 0 bridgehead atoms. The minimum absolute atomic E-state index is 0.00999. The number of primary amides is 1. The monoisotopic (exact) mass is 795 g/mol. The summed E-state index contributed by atoms with van der Waals surface area (Å²) in [6.07, 6.45) is 2.61. The molecule has 15 N–H and O–H groups in total. The van der Waals surface area contributed by atoms with Gasteiger partial charge < -0.3 is 64.3 Å². The molecule has 0 aliphatic heterocycles. The predicted molar refractivity (Wildman–Crippen MR) is 198 cm³/mol. The van der Waals surface area contributed by atoms with Crippen molar-refractivity contribution in [3.05, 3.63) is 18.2 Å². The predicted octanol–water partition coefficient (Wildman–Crippen LogP) is -3.53. The van der Waals surface area contributed by atoms with Crippen molar-refractivity contribution >= 4 is 53.3 Å². The van der Waals surface area contributed by atoms with Crippen LogP contribution in [0.2, 0.25) is 0 Å². The van der Waals surface area contributed by atoms with Crippen molar-refractivity contribution < 1.29 is 53.4 Å². The van der Waals surface area contributed by atoms with Gasteiger partial charge in [-0.3, -0.25) is 38.4 Å². The highest BCUT2D eigenvalue weighted by Crippen LogP contribution is 2.10. The second-order valence-electron chi connectivity index (χ2n) is 14.0. The number of nitrogens with zero attached hydrogens (tertiary/aromatic N) is 1. The van der Waals surface area contributed by atoms with Crippen LogP contribution in [0.15, 0.2) is 12.5 Å². The molecule has 22 heteroatoms. The van der Waals surface area contributed by atoms with Crippen molar-refractivity contribution in [2.24, 2.45) is 29.0 Å². The van der Waals surface area contributed by atoms with Gasteiger partial charge in [-0.25, -0.2) is 9.78 Å². The van der Waals surface area contributed by atoms with Crippen LogP contribution in [0.3, 0.4) is 0 Å². The van der Waals surface area contributed by atoms with Crippen molar-refractivity contribution in [3.8, 4) is 0 Å². The van der Waals surface area contributed by atoms with Gasteiger partial charge in [0.2, 0.25) is 41.4 Å². The molecule has 0 saturated carbocycles. The molecular weight excluding hydrogens is 738 g/mol. The molecule has 22 nitrogen and oxygen atoms in total. The van der Waals surface area contributed by atoms with E-state index in [1.165, 1.54) is 19.4 Å². The van der Waals surface area contributed by atoms with Gasteiger partial charge in [-0.15, -0.1) is 0 Å². The molecular formula is C34H57N11O11. The summed E-state index contributed by atoms with van der Waals surface area (Å²) >= 11 is 0. The van der Waals surface area contributed by atoms with Crippen LogP contribution < -0.4 is 49.1 Å². The molecule has 0 aromatic carbocycles. The van der Waals surface area contributed by atoms with E-state index in [1.54, 1.807) is 27.7 Å². The number of imidazole rings is 1. The Kier molecular flexibility index (Phi) is 20.7. The van der Waals surface area contributed by atoms with Crippen LogP contribution in [0.1, 0.15) is 78.8 Å². The van der Waals surface area contributed by atoms with Crippen LogP contribution in [0.5, 0.6) is 0 Å². The summed E-state index contributed by atoms with van der Waals surface area (Å²) in [5.74, 6) is -10.1. The molecule has 0 aliphatic rings. The molecule has 0 fully saturated rings. The first-order valence-corrected chi connectivity index (χ1v) is 18.2. The normalized spacial score (nSPS) is 14.9. The summed E-state index contributed by atoms with van der Waals surface area (Å²) in [5.41, 5.74) is 17.3. The fourth-order valence-corrected chi connectivity index (χ4v) is 5.18. The number of nitrogens with two attached hydrogens (primary N) is 3. The van der Waals surface area contributed by atoms with E-state index in [2.05, 4.69) is 41.9 Å². The molecule has 1 aromatic heterocycles. The van der Waals surface area contributed by atoms with E-state index < -0.39 is 127 Å². The van der Waals surface area contributed by atoms with Gasteiger partial charge in [0, 0.05) is 24.7 Å². The number of aromatic amines is 1. The SMILES string of the molecule is CC(C)[C@H](NC(=O)[C@H](C)NC(=O)[C@H](Cc1cnc[nH]1)NC(=O)[C@@H](N)CCCCN)C(=O)N[C@H](C(=O)N[C@@H](CC(N)=O)C(=O)N[C@@H](CCC(=O)O)C(=O)O)C(C)C. The number of amides is 7. The lowest BCUT2D eigenvalue weighted by molar-refractivity contribution is -0.143. The number of unbranched alkanes of at least 4 members (excludes halogenated alkanes) is 1. The number of hydrogen-bond acceptors (Lipinski definition) is 12. The van der Waals surface area contributed by atoms with Gasteiger partial charge in [-0.05, 0) is 44.6 Å². The molecule has 0 radical (unpaired) electrons. The molecule has 0 spiro atoms. The molecule has 0 saturated heterocycles. The Morgan fingerprint density at radius 1 is 0.696 bits per heavy atom. The van der Waals surface area contributed by atoms with E-state index in [4.69, 9.17) is 22.3 Å². The third kappa shape index (κ3) is 17.2. The maximum atomic E-state index is 13.6. The summed E-state index contributed by atoms with van der Waals surface area (Å²) in [6.45, 7) is 8.14. The van der Waals surface area contributed by atoms with Crippen molar-refractivity contribution in [1.82, 2.24) is 41.9 Å². The van der Waals surface area contributed by atoms with Gasteiger partial charge in [-0.2, -0.15) is 0 Å². The van der Waals surface area contributed by atoms with Crippen molar-refractivity contribution in [1.29, 1.82) is 0 Å². The summed E-state index contributed by atoms with van der Waals surface area (Å²) in [5, 5.41) is 32.9. The smallest absolute Gasteiger partial charge is 0.326 e. The average Bonchev–Trinajstić information content (AvgIpc) is 3.62. The lowest BCUT2D eigenvalue weighted by atomic mass is 9.99. The zero-order chi connectivity index (χ0) is 42.7. The minimum atomic E-state index is -1.69. The topological polar surface area (TPSA) is 373 Å². The zero-order valence-corrected chi connectivity index (χ0v) is 32.3. The standard InChI is InChI=1S/C34H57N11O11/c1-16(2)26(32(53)43-23(13-24(37)46)31(52)41-21(34(55)56)9-10-25(47)48)45-33(54)27(17(3)4)44-28(49)18(5)40-30(51)22(12-19-14-38-15-39-19)42-29(50)20(36)8-6-7-11-35/h14-18,20-23,26-27H,6-13,35-36H2,1-5H3,(H2,37,46)(H,38,39)(H,40,51)(H,41,52)(H,42,50)(H,43,53)(H,44,49)(H,45,54)(H,47,48)(H,55,56)/t18-,20-,21-,22-,23-,26-,27-/m0/s1. The Labute approximate surface area is 324 Å². The Morgan fingerprint density at radius 3 is 1.73 bits per heavy atom. The van der Waals surface area contributed by atoms with Crippen LogP contribution in [-0.4, -0.2) is 122 Å². The quantitative estimate of drug-likeness (QED) is 0.0405. The third-order valence-corrected chi connectivity index (χ3v) is 8.46. The van der Waals surface area contributed by atoms with E-state index in [9.17, 15) is 48.3 Å². The van der Waals surface area contributed by atoms with Gasteiger partial charge in [0.15, 0.2) is 0 Å². The van der Waals surface area contributed by atoms with Gasteiger partial charge in [-0.1, -0.05) is 34.1 Å². The van der Waals surface area contributed by atoms with E-state index >= 15 is 0 Å². The molecule has 56 heavy (non-hydrogen) atoms. The molecule has 7 amide bonds. The van der Waals surface area contributed by atoms with E-state index in [-0.39, 0.29) is 6.42 Å². The Morgan fingerprint density at radius 2 is 1.23 bits per heavy atom. The highest BCUT2D eigenvalue weighted by molar-refractivity contribution is 5.98. The van der Waals surface area contributed by atoms with Crippen LogP contribution in [0, 0.1) is 11.8 Å². The number of rotatable bonds is 26. The lowest BCUT2D eigenvalue weighted by Crippen LogP contribution is -2.61. The number of aliphatic carboxylic acids is 2. The van der Waals surface area contributed by atoms with E-state index in [0.717, 1.165) is 0 Å². The summed E-state index contributed by atoms with van der Waals surface area (Å²) in [7, 11) is 0. The largest absolute Gasteiger partial charge is 0.481 e. The first kappa shape index (κ1) is 48.4. The first-order valence-electron chi connectivity index (χ1n) is 18.2. The molecule has 0 aliphatic carbocycles. The molecule has 1 heterocycles. The van der Waals surface area contributed by atoms with Gasteiger partial charge in [0.1, 0.15) is 36.3 Å². The maximum Gasteiger partial charge on any atom is 0.326 e. The first-order chi connectivity index (χ1) is 26.2. The molecule has 0 unspecified atom stereocenters. The van der Waals surface area contributed by atoms with Crippen LogP contribution in [0.4, 0.5) is 0 Å². The van der Waals surface area contributed by atoms with Crippen molar-refractivity contribution in [2.75, 3.05) is 6.54 Å². The number of carbonyl (C=O) groups excluding carboxylic acids is 7. The Hall–Kier alpha value is -5.64. The lowest BCUT2D eigenvalue weighted by Gasteiger charge is -2.29. The second-order valence-corrected chi connectivity index (χ2v) is 14.0. The van der Waals surface area contributed by atoms with Gasteiger partial charge in [0.05, 0.1) is 18.8 Å². The number of carbonyl (C=O) groups is 9. The average molecular weight is 796 g/mol. The summed E-state index contributed by atoms with van der Waals surface area (Å²) < 4.78 is 0. The summed E-state index contributed by atoms with van der Waals surface area (Å²) in [6, 6.07) is -9.25. The van der Waals surface area contributed by atoms with Crippen molar-refractivity contribution in [2.45, 2.75) is 122 Å². The number of H-pyrrole nitrogens is 1. The molecule has 314 valence electrons. The molecule has 1 aromatic rings. The summed E-state index contributed by atoms with van der Waals surface area (Å²) in [4.78, 5) is 121. The highest BCUT2D eigenvalue weighted by atomic mass is 16.4. The second kappa shape index (κ2) is 24.0. The maximum absolute atomic E-state index is 13.6. The third-order valence-electron chi connectivity index (χ3n) is 8.46.